The summed E-state index contributed by atoms with van der Waals surface area (Å²) in [6, 6.07) is 11.0. The lowest BCUT2D eigenvalue weighted by molar-refractivity contribution is -0.385. The summed E-state index contributed by atoms with van der Waals surface area (Å²) in [6.07, 6.45) is 2.82. The van der Waals surface area contributed by atoms with Gasteiger partial charge in [-0.1, -0.05) is 12.1 Å². The van der Waals surface area contributed by atoms with Gasteiger partial charge >= 0.3 is 5.97 Å². The van der Waals surface area contributed by atoms with Crippen molar-refractivity contribution in [2.75, 3.05) is 5.32 Å². The van der Waals surface area contributed by atoms with Gasteiger partial charge in [-0.2, -0.15) is 0 Å². The molecular formula is C18H16N2O5. The van der Waals surface area contributed by atoms with E-state index >= 15 is 0 Å². The highest BCUT2D eigenvalue weighted by Crippen LogP contribution is 2.23. The lowest BCUT2D eigenvalue weighted by Crippen LogP contribution is -2.05. The summed E-state index contributed by atoms with van der Waals surface area (Å²) in [6.45, 7) is 2.99. The molecule has 0 aliphatic carbocycles. The molecule has 2 aromatic rings. The van der Waals surface area contributed by atoms with Gasteiger partial charge < -0.3 is 10.1 Å². The second-order valence-electron chi connectivity index (χ2n) is 5.26. The fourth-order valence-corrected chi connectivity index (χ4v) is 2.09. The minimum atomic E-state index is -0.598. The molecule has 0 aliphatic rings. The van der Waals surface area contributed by atoms with Crippen LogP contribution >= 0.6 is 0 Å². The van der Waals surface area contributed by atoms with Gasteiger partial charge in [-0.25, -0.2) is 4.79 Å². The number of amides is 1. The summed E-state index contributed by atoms with van der Waals surface area (Å²) < 4.78 is 5.12. The molecule has 1 N–H and O–H groups in total. The number of esters is 1. The normalized spacial score (nSPS) is 10.5. The van der Waals surface area contributed by atoms with Crippen molar-refractivity contribution < 1.29 is 19.2 Å². The predicted molar refractivity (Wildman–Crippen MR) is 93.2 cm³/mol. The molecule has 0 unspecified atom stereocenters. The van der Waals surface area contributed by atoms with E-state index in [1.165, 1.54) is 31.2 Å². The fourth-order valence-electron chi connectivity index (χ4n) is 2.09. The van der Waals surface area contributed by atoms with E-state index in [9.17, 15) is 19.7 Å². The van der Waals surface area contributed by atoms with Crippen LogP contribution in [0.1, 0.15) is 18.1 Å². The zero-order valence-electron chi connectivity index (χ0n) is 13.7. The van der Waals surface area contributed by atoms with Crippen molar-refractivity contribution in [3.63, 3.8) is 0 Å². The molecule has 0 heterocycles. The van der Waals surface area contributed by atoms with Crippen LogP contribution in [0.2, 0.25) is 0 Å². The maximum atomic E-state index is 11.8. The Hall–Kier alpha value is -3.48. The van der Waals surface area contributed by atoms with Crippen molar-refractivity contribution in [3.8, 4) is 5.75 Å². The molecule has 2 rings (SSSR count). The second kappa shape index (κ2) is 7.87. The van der Waals surface area contributed by atoms with Gasteiger partial charge in [-0.15, -0.1) is 0 Å². The van der Waals surface area contributed by atoms with Gasteiger partial charge in [0, 0.05) is 30.3 Å². The minimum absolute atomic E-state index is 0.0328. The fraction of sp³-hybridized carbons (Fsp3) is 0.111. The Labute approximate surface area is 144 Å². The Kier molecular flexibility index (Phi) is 5.62. The van der Waals surface area contributed by atoms with Crippen LogP contribution in [0.4, 0.5) is 11.4 Å². The maximum Gasteiger partial charge on any atom is 0.336 e. The van der Waals surface area contributed by atoms with Crippen molar-refractivity contribution in [1.82, 2.24) is 0 Å². The first-order valence-corrected chi connectivity index (χ1v) is 7.38. The molecule has 1 amide bonds. The Morgan fingerprint density at radius 2 is 1.84 bits per heavy atom. The molecule has 128 valence electrons. The van der Waals surface area contributed by atoms with Crippen LogP contribution in [0.25, 0.3) is 6.08 Å². The number of rotatable bonds is 5. The first kappa shape index (κ1) is 17.9. The van der Waals surface area contributed by atoms with Gasteiger partial charge in [0.2, 0.25) is 5.91 Å². The Bertz CT molecular complexity index is 841. The molecule has 0 radical (unpaired) electrons. The Morgan fingerprint density at radius 3 is 2.40 bits per heavy atom. The summed E-state index contributed by atoms with van der Waals surface area (Å²) in [5.41, 5.74) is 1.79. The van der Waals surface area contributed by atoms with Crippen molar-refractivity contribution in [1.29, 1.82) is 0 Å². The van der Waals surface area contributed by atoms with E-state index in [0.29, 0.717) is 11.3 Å². The molecule has 25 heavy (non-hydrogen) atoms. The van der Waals surface area contributed by atoms with Crippen LogP contribution < -0.4 is 10.1 Å². The van der Waals surface area contributed by atoms with E-state index < -0.39 is 10.9 Å². The number of hydrogen-bond donors (Lipinski definition) is 1. The van der Waals surface area contributed by atoms with Crippen LogP contribution in [-0.4, -0.2) is 16.8 Å². The molecule has 0 saturated carbocycles. The predicted octanol–water partition coefficient (Wildman–Crippen LogP) is 3.48. The maximum absolute atomic E-state index is 11.8. The molecule has 0 spiro atoms. The summed E-state index contributed by atoms with van der Waals surface area (Å²) in [7, 11) is 0. The smallest absolute Gasteiger partial charge is 0.336 e. The van der Waals surface area contributed by atoms with Gasteiger partial charge in [-0.3, -0.25) is 14.9 Å². The molecule has 0 bridgehead atoms. The summed E-state index contributed by atoms with van der Waals surface area (Å²) in [5, 5.41) is 13.4. The second-order valence-corrected chi connectivity index (χ2v) is 5.26. The van der Waals surface area contributed by atoms with Gasteiger partial charge in [0.25, 0.3) is 5.69 Å². The summed E-state index contributed by atoms with van der Waals surface area (Å²) in [4.78, 5) is 33.0. The van der Waals surface area contributed by atoms with Crippen LogP contribution in [0.15, 0.2) is 48.5 Å². The van der Waals surface area contributed by atoms with Gasteiger partial charge in [0.05, 0.1) is 4.92 Å². The minimum Gasteiger partial charge on any atom is -0.423 e. The third-order valence-electron chi connectivity index (χ3n) is 3.23. The van der Waals surface area contributed by atoms with Gasteiger partial charge in [-0.05, 0) is 42.8 Å². The molecular weight excluding hydrogens is 324 g/mol. The Morgan fingerprint density at radius 1 is 1.16 bits per heavy atom. The van der Waals surface area contributed by atoms with E-state index in [2.05, 4.69) is 5.32 Å². The molecule has 7 nitrogen and oxygen atoms in total. The number of carbonyl (C=O) groups is 2. The van der Waals surface area contributed by atoms with Crippen molar-refractivity contribution >= 4 is 29.3 Å². The number of carbonyl (C=O) groups excluding carboxylic acids is 2. The highest BCUT2D eigenvalue weighted by Gasteiger charge is 2.11. The third kappa shape index (κ3) is 5.28. The summed E-state index contributed by atoms with van der Waals surface area (Å²) >= 11 is 0. The van der Waals surface area contributed by atoms with Crippen molar-refractivity contribution in [2.45, 2.75) is 13.8 Å². The highest BCUT2D eigenvalue weighted by atomic mass is 16.6. The molecule has 2 aromatic carbocycles. The zero-order valence-corrected chi connectivity index (χ0v) is 13.7. The lowest BCUT2D eigenvalue weighted by atomic mass is 10.2. The molecule has 0 saturated heterocycles. The van der Waals surface area contributed by atoms with Crippen LogP contribution in [0, 0.1) is 17.0 Å². The lowest BCUT2D eigenvalue weighted by Gasteiger charge is -2.03. The number of aryl methyl sites for hydroxylation is 1. The SMILES string of the molecule is CC(=O)Nc1ccc(/C=C/C(=O)Oc2ccc([N+](=O)[O-])c(C)c2)cc1. The van der Waals surface area contributed by atoms with Crippen molar-refractivity contribution in [2.24, 2.45) is 0 Å². The standard InChI is InChI=1S/C18H16N2O5/c1-12-11-16(8-9-17(12)20(23)24)25-18(22)10-5-14-3-6-15(7-4-14)19-13(2)21/h3-11H,1-2H3,(H,19,21)/b10-5+. The molecule has 7 heteroatoms. The van der Waals surface area contributed by atoms with E-state index in [0.717, 1.165) is 5.56 Å². The van der Waals surface area contributed by atoms with Crippen LogP contribution in [-0.2, 0) is 9.59 Å². The van der Waals surface area contributed by atoms with E-state index in [1.807, 2.05) is 0 Å². The third-order valence-corrected chi connectivity index (χ3v) is 3.23. The van der Waals surface area contributed by atoms with Gasteiger partial charge in [0.1, 0.15) is 5.75 Å². The van der Waals surface area contributed by atoms with E-state index in [4.69, 9.17) is 4.74 Å². The van der Waals surface area contributed by atoms with Gasteiger partial charge in [0.15, 0.2) is 0 Å². The highest BCUT2D eigenvalue weighted by molar-refractivity contribution is 5.90. The number of nitrogens with zero attached hydrogens (tertiary/aromatic N) is 1. The average molecular weight is 340 g/mol. The largest absolute Gasteiger partial charge is 0.423 e. The van der Waals surface area contributed by atoms with E-state index in [-0.39, 0.29) is 17.3 Å². The average Bonchev–Trinajstić information content (AvgIpc) is 2.53. The number of benzene rings is 2. The van der Waals surface area contributed by atoms with Crippen LogP contribution in [0.5, 0.6) is 5.75 Å². The quantitative estimate of drug-likeness (QED) is 0.295. The molecule has 0 aliphatic heterocycles. The van der Waals surface area contributed by atoms with Crippen molar-refractivity contribution in [3.05, 3.63) is 69.8 Å². The summed E-state index contributed by atoms with van der Waals surface area (Å²) in [5.74, 6) is -0.525. The molecule has 0 fully saturated rings. The number of anilines is 1. The number of nitro benzene ring substituents is 1. The number of hydrogen-bond acceptors (Lipinski definition) is 5. The first-order chi connectivity index (χ1) is 11.8. The number of nitrogens with one attached hydrogen (secondary N) is 1. The van der Waals surface area contributed by atoms with E-state index in [1.54, 1.807) is 37.3 Å². The zero-order chi connectivity index (χ0) is 18.4. The topological polar surface area (TPSA) is 98.5 Å². The Balaban J connectivity index is 1.99. The monoisotopic (exact) mass is 340 g/mol. The molecule has 0 aromatic heterocycles. The van der Waals surface area contributed by atoms with Crippen LogP contribution in [0.3, 0.4) is 0 Å². The first-order valence-electron chi connectivity index (χ1n) is 7.38. The number of nitro groups is 1. The number of ether oxygens (including phenoxy) is 1. The molecule has 0 atom stereocenters.